The van der Waals surface area contributed by atoms with Crippen molar-refractivity contribution in [2.24, 2.45) is 0 Å². The number of aliphatic hydroxyl groups is 1. The molecule has 0 spiro atoms. The maximum absolute atomic E-state index is 10.1. The van der Waals surface area contributed by atoms with Gasteiger partial charge in [0, 0.05) is 0 Å². The van der Waals surface area contributed by atoms with E-state index in [1.54, 1.807) is 0 Å². The van der Waals surface area contributed by atoms with Crippen LogP contribution in [0.25, 0.3) is 0 Å². The van der Waals surface area contributed by atoms with Crippen LogP contribution in [0.15, 0.2) is 0 Å². The predicted molar refractivity (Wildman–Crippen MR) is 84.9 cm³/mol. The molecule has 1 N–H and O–H groups in total. The van der Waals surface area contributed by atoms with E-state index in [1.165, 1.54) is 0 Å². The van der Waals surface area contributed by atoms with E-state index in [4.69, 9.17) is 4.43 Å². The zero-order valence-corrected chi connectivity index (χ0v) is 15.5. The zero-order valence-electron chi connectivity index (χ0n) is 13.5. The molecule has 2 atom stereocenters. The minimum Gasteiger partial charge on any atom is -0.411 e. The van der Waals surface area contributed by atoms with Gasteiger partial charge in [0.2, 0.25) is 0 Å². The van der Waals surface area contributed by atoms with Gasteiger partial charge >= 0.3 is 0 Å². The van der Waals surface area contributed by atoms with E-state index < -0.39 is 22.5 Å². The van der Waals surface area contributed by atoms with Crippen LogP contribution < -0.4 is 0 Å². The number of rotatable bonds is 3. The Kier molecular flexibility index (Phi) is 5.89. The second-order valence-electron chi connectivity index (χ2n) is 7.55. The molecule has 0 aromatic rings. The summed E-state index contributed by atoms with van der Waals surface area (Å²) in [6.45, 7) is 19.4. The zero-order chi connectivity index (χ0) is 14.8. The molecule has 0 aliphatic heterocycles. The first kappa shape index (κ1) is 17.9. The van der Waals surface area contributed by atoms with Crippen LogP contribution >= 0.6 is 0 Å². The molecule has 0 saturated heterocycles. The second kappa shape index (κ2) is 5.91. The van der Waals surface area contributed by atoms with Crippen molar-refractivity contribution in [3.05, 3.63) is 0 Å². The molecule has 0 aromatic heterocycles. The highest BCUT2D eigenvalue weighted by atomic mass is 28.4. The molecule has 106 valence electrons. The quantitative estimate of drug-likeness (QED) is 0.634. The van der Waals surface area contributed by atoms with Gasteiger partial charge in [0.15, 0.2) is 8.32 Å². The Labute approximate surface area is 115 Å². The minimum absolute atomic E-state index is 0.160. The Hall–Kier alpha value is -0.0862. The first-order chi connectivity index (χ1) is 7.76. The average Bonchev–Trinajstić information content (AvgIpc) is 2.10. The van der Waals surface area contributed by atoms with Crippen LogP contribution in [0.1, 0.15) is 27.7 Å². The average molecular weight is 287 g/mol. The normalized spacial score (nSPS) is 16.8. The lowest BCUT2D eigenvalue weighted by Crippen LogP contribution is -2.46. The van der Waals surface area contributed by atoms with E-state index in [2.05, 4.69) is 65.0 Å². The van der Waals surface area contributed by atoms with Gasteiger partial charge in [-0.2, -0.15) is 0 Å². The van der Waals surface area contributed by atoms with Gasteiger partial charge in [-0.25, -0.2) is 0 Å². The van der Waals surface area contributed by atoms with Gasteiger partial charge in [-0.3, -0.25) is 0 Å². The SMILES string of the molecule is C[C@@H](O[Si](C)(C)C(C)(C)C)[C@@H](O)C#C[Si](C)(C)C. The Balaban J connectivity index is 4.68. The summed E-state index contributed by atoms with van der Waals surface area (Å²) in [7, 11) is -3.25. The van der Waals surface area contributed by atoms with E-state index >= 15 is 0 Å². The Morgan fingerprint density at radius 2 is 1.50 bits per heavy atom. The van der Waals surface area contributed by atoms with E-state index in [1.807, 2.05) is 6.92 Å². The lowest BCUT2D eigenvalue weighted by atomic mass is 10.2. The molecule has 18 heavy (non-hydrogen) atoms. The van der Waals surface area contributed by atoms with Crippen LogP contribution in [-0.4, -0.2) is 33.7 Å². The molecule has 0 fully saturated rings. The summed E-state index contributed by atoms with van der Waals surface area (Å²) in [6, 6.07) is 0. The molecule has 0 bridgehead atoms. The Morgan fingerprint density at radius 3 is 1.83 bits per heavy atom. The first-order valence-electron chi connectivity index (χ1n) is 6.65. The fraction of sp³-hybridized carbons (Fsp3) is 0.857. The summed E-state index contributed by atoms with van der Waals surface area (Å²) in [4.78, 5) is 0. The smallest absolute Gasteiger partial charge is 0.192 e. The van der Waals surface area contributed by atoms with Gasteiger partial charge in [-0.05, 0) is 25.1 Å². The third kappa shape index (κ3) is 6.19. The lowest BCUT2D eigenvalue weighted by molar-refractivity contribution is 0.0752. The Morgan fingerprint density at radius 1 is 1.06 bits per heavy atom. The molecule has 0 aliphatic rings. The number of aliphatic hydroxyl groups excluding tert-OH is 1. The van der Waals surface area contributed by atoms with Crippen LogP contribution in [-0.2, 0) is 4.43 Å². The van der Waals surface area contributed by atoms with Crippen molar-refractivity contribution in [3.8, 4) is 11.5 Å². The largest absolute Gasteiger partial charge is 0.411 e. The number of hydrogen-bond acceptors (Lipinski definition) is 2. The van der Waals surface area contributed by atoms with E-state index in [-0.39, 0.29) is 11.1 Å². The van der Waals surface area contributed by atoms with Crippen LogP contribution in [0, 0.1) is 11.5 Å². The van der Waals surface area contributed by atoms with Crippen molar-refractivity contribution in [1.82, 2.24) is 0 Å². The van der Waals surface area contributed by atoms with Crippen LogP contribution in [0.3, 0.4) is 0 Å². The number of hydrogen-bond donors (Lipinski definition) is 1. The Bertz CT molecular complexity index is 326. The standard InChI is InChI=1S/C14H30O2Si2/c1-12(13(15)10-11-17(5,6)7)16-18(8,9)14(2,3)4/h12-13,15H,1-9H3/t12-,13+/m1/s1. The van der Waals surface area contributed by atoms with Crippen molar-refractivity contribution in [2.45, 2.75) is 77.7 Å². The molecule has 0 heterocycles. The van der Waals surface area contributed by atoms with Crippen molar-refractivity contribution in [2.75, 3.05) is 0 Å². The van der Waals surface area contributed by atoms with Crippen LogP contribution in [0.4, 0.5) is 0 Å². The maximum Gasteiger partial charge on any atom is 0.192 e. The molecule has 0 aliphatic carbocycles. The topological polar surface area (TPSA) is 29.5 Å². The maximum atomic E-state index is 10.1. The van der Waals surface area contributed by atoms with E-state index in [9.17, 15) is 5.11 Å². The molecular formula is C14H30O2Si2. The predicted octanol–water partition coefficient (Wildman–Crippen LogP) is 3.64. The molecule has 4 heteroatoms. The van der Waals surface area contributed by atoms with Crippen molar-refractivity contribution < 1.29 is 9.53 Å². The third-order valence-electron chi connectivity index (χ3n) is 3.33. The highest BCUT2D eigenvalue weighted by Crippen LogP contribution is 2.37. The molecule has 2 nitrogen and oxygen atoms in total. The van der Waals surface area contributed by atoms with E-state index in [0.717, 1.165) is 0 Å². The van der Waals surface area contributed by atoms with Gasteiger partial charge in [-0.15, -0.1) is 5.54 Å². The first-order valence-corrected chi connectivity index (χ1v) is 13.1. The van der Waals surface area contributed by atoms with Gasteiger partial charge in [0.1, 0.15) is 14.2 Å². The lowest BCUT2D eigenvalue weighted by Gasteiger charge is -2.38. The molecule has 0 amide bonds. The third-order valence-corrected chi connectivity index (χ3v) is 8.79. The highest BCUT2D eigenvalue weighted by Gasteiger charge is 2.39. The summed E-state index contributed by atoms with van der Waals surface area (Å²) in [5, 5.41) is 10.2. The summed E-state index contributed by atoms with van der Waals surface area (Å²) >= 11 is 0. The highest BCUT2D eigenvalue weighted by molar-refractivity contribution is 6.83. The van der Waals surface area contributed by atoms with Gasteiger partial charge < -0.3 is 9.53 Å². The van der Waals surface area contributed by atoms with Gasteiger partial charge in [0.05, 0.1) is 6.10 Å². The molecule has 0 rings (SSSR count). The van der Waals surface area contributed by atoms with Gasteiger partial charge in [0.25, 0.3) is 0 Å². The van der Waals surface area contributed by atoms with Crippen LogP contribution in [0.2, 0.25) is 37.8 Å². The minimum atomic E-state index is -1.82. The molecule has 0 unspecified atom stereocenters. The summed E-state index contributed by atoms with van der Waals surface area (Å²) in [5.74, 6) is 2.96. The molecule has 0 radical (unpaired) electrons. The van der Waals surface area contributed by atoms with Gasteiger partial charge in [-0.1, -0.05) is 46.3 Å². The summed E-state index contributed by atoms with van der Waals surface area (Å²) in [5.41, 5.74) is 3.20. The molecule has 0 saturated carbocycles. The summed E-state index contributed by atoms with van der Waals surface area (Å²) < 4.78 is 6.13. The van der Waals surface area contributed by atoms with Crippen molar-refractivity contribution in [3.63, 3.8) is 0 Å². The molecular weight excluding hydrogens is 256 g/mol. The monoisotopic (exact) mass is 286 g/mol. The van der Waals surface area contributed by atoms with Crippen molar-refractivity contribution >= 4 is 16.4 Å². The van der Waals surface area contributed by atoms with E-state index in [0.29, 0.717) is 0 Å². The second-order valence-corrected chi connectivity index (χ2v) is 17.1. The van der Waals surface area contributed by atoms with Crippen LogP contribution in [0.5, 0.6) is 0 Å². The fourth-order valence-electron chi connectivity index (χ4n) is 1.11. The molecule has 0 aromatic carbocycles. The summed E-state index contributed by atoms with van der Waals surface area (Å²) in [6.07, 6.45) is -0.888. The van der Waals surface area contributed by atoms with Crippen molar-refractivity contribution in [1.29, 1.82) is 0 Å². The fourth-order valence-corrected chi connectivity index (χ4v) is 3.11.